The molecule has 2 aliphatic heterocycles. The van der Waals surface area contributed by atoms with Crippen LogP contribution in [0, 0.1) is 6.92 Å². The van der Waals surface area contributed by atoms with E-state index in [9.17, 15) is 18.0 Å². The first-order chi connectivity index (χ1) is 14.7. The van der Waals surface area contributed by atoms with Gasteiger partial charge in [0.25, 0.3) is 5.91 Å². The van der Waals surface area contributed by atoms with Gasteiger partial charge in [0.15, 0.2) is 6.61 Å². The molecule has 2 heterocycles. The van der Waals surface area contributed by atoms with Gasteiger partial charge in [0.05, 0.1) is 17.0 Å². The number of sulfonamides is 1. The minimum atomic E-state index is -3.76. The number of piperazine rings is 1. The van der Waals surface area contributed by atoms with Gasteiger partial charge in [0.1, 0.15) is 5.75 Å². The van der Waals surface area contributed by atoms with Crippen LogP contribution in [0.25, 0.3) is 0 Å². The van der Waals surface area contributed by atoms with E-state index in [4.69, 9.17) is 16.3 Å². The summed E-state index contributed by atoms with van der Waals surface area (Å²) in [5, 5.41) is 3.29. The molecule has 1 saturated heterocycles. The highest BCUT2D eigenvalue weighted by Gasteiger charge is 2.32. The first-order valence-corrected chi connectivity index (χ1v) is 11.7. The number of halogens is 1. The summed E-state index contributed by atoms with van der Waals surface area (Å²) in [6.45, 7) is 2.60. The van der Waals surface area contributed by atoms with E-state index in [-0.39, 0.29) is 42.8 Å². The molecule has 1 fully saturated rings. The van der Waals surface area contributed by atoms with Crippen molar-refractivity contribution in [1.82, 2.24) is 9.21 Å². The van der Waals surface area contributed by atoms with Crippen LogP contribution in [0.2, 0.25) is 5.02 Å². The predicted molar refractivity (Wildman–Crippen MR) is 116 cm³/mol. The summed E-state index contributed by atoms with van der Waals surface area (Å²) in [6, 6.07) is 10.2. The van der Waals surface area contributed by atoms with Crippen molar-refractivity contribution in [2.24, 2.45) is 0 Å². The monoisotopic (exact) mass is 463 g/mol. The van der Waals surface area contributed by atoms with Gasteiger partial charge in [0.2, 0.25) is 15.9 Å². The molecule has 0 spiro atoms. The first kappa shape index (κ1) is 21.6. The van der Waals surface area contributed by atoms with Gasteiger partial charge >= 0.3 is 0 Å². The van der Waals surface area contributed by atoms with Crippen molar-refractivity contribution < 1.29 is 22.7 Å². The number of benzene rings is 2. The fourth-order valence-electron chi connectivity index (χ4n) is 3.70. The van der Waals surface area contributed by atoms with E-state index in [1.165, 1.54) is 10.4 Å². The number of hydrogen-bond donors (Lipinski definition) is 1. The highest BCUT2D eigenvalue weighted by Crippen LogP contribution is 2.34. The number of nitrogens with zero attached hydrogens (tertiary/aromatic N) is 2. The molecule has 0 aliphatic carbocycles. The first-order valence-electron chi connectivity index (χ1n) is 9.84. The Hall–Kier alpha value is -2.62. The summed E-state index contributed by atoms with van der Waals surface area (Å²) in [5.74, 6) is 0.0101. The summed E-state index contributed by atoms with van der Waals surface area (Å²) < 4.78 is 33.2. The molecule has 0 aromatic heterocycles. The van der Waals surface area contributed by atoms with Crippen LogP contribution in [0.3, 0.4) is 0 Å². The topological polar surface area (TPSA) is 96.0 Å². The lowest BCUT2D eigenvalue weighted by Crippen LogP contribution is -2.51. The van der Waals surface area contributed by atoms with Gasteiger partial charge in [-0.05, 0) is 36.2 Å². The van der Waals surface area contributed by atoms with E-state index >= 15 is 0 Å². The zero-order valence-corrected chi connectivity index (χ0v) is 18.5. The highest BCUT2D eigenvalue weighted by atomic mass is 35.5. The Balaban J connectivity index is 1.44. The maximum absolute atomic E-state index is 13.2. The quantitative estimate of drug-likeness (QED) is 0.748. The van der Waals surface area contributed by atoms with Crippen molar-refractivity contribution in [1.29, 1.82) is 0 Å². The van der Waals surface area contributed by atoms with Crippen LogP contribution >= 0.6 is 11.6 Å². The Morgan fingerprint density at radius 1 is 1.13 bits per heavy atom. The van der Waals surface area contributed by atoms with E-state index < -0.39 is 10.0 Å². The van der Waals surface area contributed by atoms with Crippen molar-refractivity contribution in [3.63, 3.8) is 0 Å². The number of aryl methyl sites for hydroxylation is 1. The van der Waals surface area contributed by atoms with E-state index in [1.54, 1.807) is 30.0 Å². The molecule has 10 heteroatoms. The molecule has 0 atom stereocenters. The maximum atomic E-state index is 13.2. The SMILES string of the molecule is Cc1cc2c(cc1S(=O)(=O)N1CCN(C(=O)Cc3ccc(Cl)cc3)CC1)OCC(=O)N2. The summed E-state index contributed by atoms with van der Waals surface area (Å²) >= 11 is 5.88. The molecule has 0 bridgehead atoms. The minimum absolute atomic E-state index is 0.0477. The minimum Gasteiger partial charge on any atom is -0.482 e. The van der Waals surface area contributed by atoms with Crippen molar-refractivity contribution in [2.45, 2.75) is 18.2 Å². The molecule has 2 aliphatic rings. The summed E-state index contributed by atoms with van der Waals surface area (Å²) in [4.78, 5) is 25.9. The maximum Gasteiger partial charge on any atom is 0.262 e. The van der Waals surface area contributed by atoms with Gasteiger partial charge in [0, 0.05) is 37.3 Å². The summed E-state index contributed by atoms with van der Waals surface area (Å²) in [6.07, 6.45) is 0.247. The standard InChI is InChI=1S/C21H22ClN3O5S/c1-14-10-17-18(30-13-20(26)23-17)12-19(14)31(28,29)25-8-6-24(7-9-25)21(27)11-15-2-4-16(22)5-3-15/h2-5,10,12H,6-9,11,13H2,1H3,(H,23,26). The van der Waals surface area contributed by atoms with E-state index in [1.807, 2.05) is 12.1 Å². The average Bonchev–Trinajstić information content (AvgIpc) is 2.74. The molecule has 2 aromatic carbocycles. The van der Waals surface area contributed by atoms with E-state index in [0.29, 0.717) is 35.1 Å². The molecule has 4 rings (SSSR count). The number of carbonyl (C=O) groups excluding carboxylic acids is 2. The van der Waals surface area contributed by atoms with Gasteiger partial charge in [-0.1, -0.05) is 23.7 Å². The number of carbonyl (C=O) groups is 2. The molecule has 2 aromatic rings. The highest BCUT2D eigenvalue weighted by molar-refractivity contribution is 7.89. The van der Waals surface area contributed by atoms with Gasteiger partial charge in [-0.25, -0.2) is 8.42 Å². The molecule has 2 amide bonds. The van der Waals surface area contributed by atoms with Crippen LogP contribution in [0.5, 0.6) is 5.75 Å². The van der Waals surface area contributed by atoms with Crippen molar-refractivity contribution >= 4 is 39.1 Å². The molecule has 1 N–H and O–H groups in total. The third kappa shape index (κ3) is 4.53. The lowest BCUT2D eigenvalue weighted by molar-refractivity contribution is -0.131. The molecule has 31 heavy (non-hydrogen) atoms. The van der Waals surface area contributed by atoms with Crippen molar-refractivity contribution in [3.05, 3.63) is 52.5 Å². The third-order valence-electron chi connectivity index (χ3n) is 5.39. The average molecular weight is 464 g/mol. The van der Waals surface area contributed by atoms with Gasteiger partial charge in [-0.3, -0.25) is 9.59 Å². The van der Waals surface area contributed by atoms with Crippen molar-refractivity contribution in [3.8, 4) is 5.75 Å². The third-order valence-corrected chi connectivity index (χ3v) is 7.68. The summed E-state index contributed by atoms with van der Waals surface area (Å²) in [7, 11) is -3.76. The Morgan fingerprint density at radius 3 is 2.48 bits per heavy atom. The number of rotatable bonds is 4. The number of hydrogen-bond acceptors (Lipinski definition) is 5. The molecular formula is C21H22ClN3O5S. The normalized spacial score (nSPS) is 17.0. The molecular weight excluding hydrogens is 442 g/mol. The number of fused-ring (bicyclic) bond motifs is 1. The molecule has 0 saturated carbocycles. The fourth-order valence-corrected chi connectivity index (χ4v) is 5.47. The molecule has 8 nitrogen and oxygen atoms in total. The Bertz CT molecular complexity index is 1130. The second-order valence-electron chi connectivity index (χ2n) is 7.54. The van der Waals surface area contributed by atoms with Crippen LogP contribution in [0.15, 0.2) is 41.3 Å². The number of amides is 2. The Morgan fingerprint density at radius 2 is 1.81 bits per heavy atom. The van der Waals surface area contributed by atoms with Crippen LogP contribution < -0.4 is 10.1 Å². The predicted octanol–water partition coefficient (Wildman–Crippen LogP) is 2.05. The van der Waals surface area contributed by atoms with E-state index in [2.05, 4.69) is 5.32 Å². The van der Waals surface area contributed by atoms with E-state index in [0.717, 1.165) is 5.56 Å². The van der Waals surface area contributed by atoms with Crippen LogP contribution in [0.1, 0.15) is 11.1 Å². The van der Waals surface area contributed by atoms with Gasteiger partial charge in [-0.2, -0.15) is 4.31 Å². The second kappa shape index (κ2) is 8.49. The lowest BCUT2D eigenvalue weighted by Gasteiger charge is -2.34. The molecule has 164 valence electrons. The second-order valence-corrected chi connectivity index (χ2v) is 9.88. The number of anilines is 1. The van der Waals surface area contributed by atoms with Crippen LogP contribution in [-0.4, -0.2) is 62.2 Å². The molecule has 0 unspecified atom stereocenters. The van der Waals surface area contributed by atoms with Crippen LogP contribution in [0.4, 0.5) is 5.69 Å². The fraction of sp³-hybridized carbons (Fsp3) is 0.333. The number of nitrogens with one attached hydrogen (secondary N) is 1. The largest absolute Gasteiger partial charge is 0.482 e. The number of ether oxygens (including phenoxy) is 1. The zero-order valence-electron chi connectivity index (χ0n) is 16.9. The lowest BCUT2D eigenvalue weighted by atomic mass is 10.1. The zero-order chi connectivity index (χ0) is 22.2. The Kier molecular flexibility index (Phi) is 5.92. The Labute approximate surface area is 185 Å². The summed E-state index contributed by atoms with van der Waals surface area (Å²) in [5.41, 5.74) is 1.84. The van der Waals surface area contributed by atoms with Crippen molar-refractivity contribution in [2.75, 3.05) is 38.1 Å². The molecule has 0 radical (unpaired) electrons. The smallest absolute Gasteiger partial charge is 0.262 e. The van der Waals surface area contributed by atoms with Gasteiger partial charge < -0.3 is 15.0 Å². The van der Waals surface area contributed by atoms with Gasteiger partial charge in [-0.15, -0.1) is 0 Å². The van der Waals surface area contributed by atoms with Crippen LogP contribution in [-0.2, 0) is 26.0 Å².